The summed E-state index contributed by atoms with van der Waals surface area (Å²) in [4.78, 5) is 23.9. The van der Waals surface area contributed by atoms with E-state index in [1.54, 1.807) is 24.7 Å². The maximum absolute atomic E-state index is 11.2. The van der Waals surface area contributed by atoms with Crippen LogP contribution in [0, 0.1) is 5.92 Å². The Morgan fingerprint density at radius 1 is 1.21 bits per heavy atom. The minimum atomic E-state index is -0.749. The molecule has 98 valence electrons. The molecule has 3 rings (SSSR count). The molecule has 0 amide bonds. The van der Waals surface area contributed by atoms with Gasteiger partial charge in [-0.15, -0.1) is 0 Å². The zero-order chi connectivity index (χ0) is 13.2. The van der Waals surface area contributed by atoms with Crippen molar-refractivity contribution in [3.8, 4) is 0 Å². The lowest BCUT2D eigenvalue weighted by molar-refractivity contribution is -0.141. The van der Waals surface area contributed by atoms with Gasteiger partial charge in [0.15, 0.2) is 5.82 Å². The zero-order valence-electron chi connectivity index (χ0n) is 10.3. The van der Waals surface area contributed by atoms with Crippen LogP contribution in [0.3, 0.4) is 0 Å². The first kappa shape index (κ1) is 11.8. The summed E-state index contributed by atoms with van der Waals surface area (Å²) < 4.78 is 0. The normalized spacial score (nSPS) is 22.5. The summed E-state index contributed by atoms with van der Waals surface area (Å²) in [6, 6.07) is 1.70. The largest absolute Gasteiger partial charge is 0.481 e. The second-order valence-corrected chi connectivity index (χ2v) is 4.71. The number of anilines is 1. The van der Waals surface area contributed by atoms with Crippen LogP contribution in [-0.4, -0.2) is 32.1 Å². The van der Waals surface area contributed by atoms with Gasteiger partial charge in [0.2, 0.25) is 0 Å². The Kier molecular flexibility index (Phi) is 2.98. The van der Waals surface area contributed by atoms with E-state index < -0.39 is 5.97 Å². The highest BCUT2D eigenvalue weighted by atomic mass is 16.4. The fourth-order valence-corrected chi connectivity index (χ4v) is 2.61. The molecule has 0 aromatic carbocycles. The predicted molar refractivity (Wildman–Crippen MR) is 69.7 cm³/mol. The van der Waals surface area contributed by atoms with Crippen molar-refractivity contribution >= 4 is 22.8 Å². The molecule has 1 saturated carbocycles. The number of aromatic nitrogens is 3. The lowest BCUT2D eigenvalue weighted by Gasteiger charge is -2.18. The fraction of sp³-hybridized carbons (Fsp3) is 0.385. The quantitative estimate of drug-likeness (QED) is 0.871. The molecule has 6 heteroatoms. The molecule has 0 saturated heterocycles. The molecule has 2 N–H and O–H groups in total. The number of carbonyl (C=O) groups is 1. The highest BCUT2D eigenvalue weighted by Gasteiger charge is 2.33. The van der Waals surface area contributed by atoms with Crippen LogP contribution in [0.2, 0.25) is 0 Å². The Hall–Kier alpha value is -2.24. The van der Waals surface area contributed by atoms with Crippen molar-refractivity contribution in [1.82, 2.24) is 15.0 Å². The van der Waals surface area contributed by atoms with Crippen LogP contribution in [0.5, 0.6) is 0 Å². The number of nitrogens with zero attached hydrogens (tertiary/aromatic N) is 3. The first-order chi connectivity index (χ1) is 9.25. The number of fused-ring (bicyclic) bond motifs is 1. The van der Waals surface area contributed by atoms with Crippen molar-refractivity contribution in [3.05, 3.63) is 24.7 Å². The van der Waals surface area contributed by atoms with Gasteiger partial charge in [0, 0.05) is 24.6 Å². The Labute approximate surface area is 109 Å². The molecule has 0 spiro atoms. The molecule has 2 heterocycles. The first-order valence-electron chi connectivity index (χ1n) is 6.31. The number of carboxylic acid groups (broad SMARTS) is 1. The molecule has 19 heavy (non-hydrogen) atoms. The Bertz CT molecular complexity index is 611. The molecule has 6 nitrogen and oxygen atoms in total. The number of nitrogens with one attached hydrogen (secondary N) is 1. The number of hydrogen-bond acceptors (Lipinski definition) is 5. The van der Waals surface area contributed by atoms with Crippen LogP contribution in [0.1, 0.15) is 19.3 Å². The Morgan fingerprint density at radius 3 is 2.89 bits per heavy atom. The molecule has 0 bridgehead atoms. The van der Waals surface area contributed by atoms with Crippen LogP contribution in [-0.2, 0) is 4.79 Å². The summed E-state index contributed by atoms with van der Waals surface area (Å²) in [5.74, 6) is -0.487. The number of rotatable bonds is 3. The third-order valence-corrected chi connectivity index (χ3v) is 3.54. The van der Waals surface area contributed by atoms with E-state index in [1.165, 1.54) is 0 Å². The molecule has 2 aromatic heterocycles. The first-order valence-corrected chi connectivity index (χ1v) is 6.31. The molecule has 1 fully saturated rings. The van der Waals surface area contributed by atoms with E-state index in [0.29, 0.717) is 17.8 Å². The van der Waals surface area contributed by atoms with Gasteiger partial charge >= 0.3 is 5.97 Å². The van der Waals surface area contributed by atoms with Crippen LogP contribution in [0.15, 0.2) is 24.7 Å². The van der Waals surface area contributed by atoms with Gasteiger partial charge < -0.3 is 10.4 Å². The summed E-state index contributed by atoms with van der Waals surface area (Å²) in [6.45, 7) is 0. The topological polar surface area (TPSA) is 88.0 Å². The van der Waals surface area contributed by atoms with Crippen molar-refractivity contribution in [2.75, 3.05) is 5.32 Å². The van der Waals surface area contributed by atoms with Crippen LogP contribution in [0.4, 0.5) is 5.82 Å². The van der Waals surface area contributed by atoms with E-state index in [-0.39, 0.29) is 12.0 Å². The van der Waals surface area contributed by atoms with Crippen molar-refractivity contribution in [3.63, 3.8) is 0 Å². The van der Waals surface area contributed by atoms with Gasteiger partial charge in [-0.25, -0.2) is 9.97 Å². The standard InChI is InChI=1S/C13H14N4O2/c18-13(19)8-2-1-3-9(8)17-12-11-10(4-5-16-12)14-6-7-15-11/h4-9H,1-3H2,(H,16,17)(H,18,19)/t8-,9+/m1/s1. The van der Waals surface area contributed by atoms with Gasteiger partial charge in [0.05, 0.1) is 11.4 Å². The van der Waals surface area contributed by atoms with Crippen LogP contribution >= 0.6 is 0 Å². The average Bonchev–Trinajstić information content (AvgIpc) is 2.87. The van der Waals surface area contributed by atoms with Crippen LogP contribution in [0.25, 0.3) is 11.0 Å². The number of hydrogen-bond donors (Lipinski definition) is 2. The highest BCUT2D eigenvalue weighted by Crippen LogP contribution is 2.29. The monoisotopic (exact) mass is 258 g/mol. The second kappa shape index (κ2) is 4.79. The molecular formula is C13H14N4O2. The summed E-state index contributed by atoms with van der Waals surface area (Å²) in [5, 5.41) is 12.4. The summed E-state index contributed by atoms with van der Waals surface area (Å²) in [7, 11) is 0. The Morgan fingerprint density at radius 2 is 2.05 bits per heavy atom. The van der Waals surface area contributed by atoms with Crippen molar-refractivity contribution < 1.29 is 9.90 Å². The lowest BCUT2D eigenvalue weighted by Crippen LogP contribution is -2.30. The smallest absolute Gasteiger partial charge is 0.308 e. The van der Waals surface area contributed by atoms with E-state index in [4.69, 9.17) is 0 Å². The van der Waals surface area contributed by atoms with Gasteiger partial charge in [-0.3, -0.25) is 9.78 Å². The maximum Gasteiger partial charge on any atom is 0.308 e. The zero-order valence-corrected chi connectivity index (χ0v) is 10.3. The number of aliphatic carboxylic acids is 1. The molecule has 1 aliphatic carbocycles. The van der Waals surface area contributed by atoms with Crippen molar-refractivity contribution in [1.29, 1.82) is 0 Å². The number of carboxylic acids is 1. The van der Waals surface area contributed by atoms with Gasteiger partial charge in [0.25, 0.3) is 0 Å². The highest BCUT2D eigenvalue weighted by molar-refractivity contribution is 5.85. The summed E-state index contributed by atoms with van der Waals surface area (Å²) in [5.41, 5.74) is 1.44. The van der Waals surface area contributed by atoms with Gasteiger partial charge in [0.1, 0.15) is 5.52 Å². The average molecular weight is 258 g/mol. The second-order valence-electron chi connectivity index (χ2n) is 4.71. The molecular weight excluding hydrogens is 244 g/mol. The summed E-state index contributed by atoms with van der Waals surface area (Å²) in [6.07, 6.45) is 7.37. The third-order valence-electron chi connectivity index (χ3n) is 3.54. The van der Waals surface area contributed by atoms with Gasteiger partial charge in [-0.1, -0.05) is 6.42 Å². The van der Waals surface area contributed by atoms with E-state index in [1.807, 2.05) is 0 Å². The van der Waals surface area contributed by atoms with Gasteiger partial charge in [-0.05, 0) is 18.9 Å². The maximum atomic E-state index is 11.2. The lowest BCUT2D eigenvalue weighted by atomic mass is 10.0. The van der Waals surface area contributed by atoms with Crippen molar-refractivity contribution in [2.45, 2.75) is 25.3 Å². The van der Waals surface area contributed by atoms with Gasteiger partial charge in [-0.2, -0.15) is 0 Å². The van der Waals surface area contributed by atoms with E-state index in [9.17, 15) is 9.90 Å². The number of pyridine rings is 1. The minimum absolute atomic E-state index is 0.0855. The molecule has 0 aliphatic heterocycles. The Balaban J connectivity index is 1.91. The predicted octanol–water partition coefficient (Wildman–Crippen LogP) is 1.69. The van der Waals surface area contributed by atoms with E-state index in [0.717, 1.165) is 18.4 Å². The fourth-order valence-electron chi connectivity index (χ4n) is 2.61. The molecule has 0 unspecified atom stereocenters. The van der Waals surface area contributed by atoms with E-state index >= 15 is 0 Å². The third kappa shape index (κ3) is 2.21. The van der Waals surface area contributed by atoms with E-state index in [2.05, 4.69) is 20.3 Å². The molecule has 2 aromatic rings. The van der Waals surface area contributed by atoms with Crippen molar-refractivity contribution in [2.24, 2.45) is 5.92 Å². The molecule has 0 radical (unpaired) electrons. The van der Waals surface area contributed by atoms with Crippen LogP contribution < -0.4 is 5.32 Å². The molecule has 2 atom stereocenters. The minimum Gasteiger partial charge on any atom is -0.481 e. The molecule has 1 aliphatic rings. The summed E-state index contributed by atoms with van der Waals surface area (Å²) >= 11 is 0. The SMILES string of the molecule is O=C(O)[C@@H]1CCC[C@@H]1Nc1nccc2nccnc12.